The Morgan fingerprint density at radius 3 is 2.92 bits per heavy atom. The minimum Gasteiger partial charge on any atom is -0.381 e. The lowest BCUT2D eigenvalue weighted by atomic mass is 9.79. The average molecular weight is 334 g/mol. The average Bonchev–Trinajstić information content (AvgIpc) is 2.90. The quantitative estimate of drug-likeness (QED) is 0.859. The topological polar surface area (TPSA) is 82.2 Å². The third-order valence-corrected chi connectivity index (χ3v) is 4.89. The Bertz CT molecular complexity index is 738. The normalized spacial score (nSPS) is 17.1. The lowest BCUT2D eigenvalue weighted by Crippen LogP contribution is -2.49. The van der Waals surface area contributed by atoms with E-state index in [4.69, 9.17) is 10.5 Å². The molecular formula is C17H23FN4O2. The second-order valence-corrected chi connectivity index (χ2v) is 6.32. The molecular weight excluding hydrogens is 311 g/mol. The van der Waals surface area contributed by atoms with Gasteiger partial charge in [-0.2, -0.15) is 0 Å². The van der Waals surface area contributed by atoms with E-state index in [1.807, 2.05) is 11.6 Å². The van der Waals surface area contributed by atoms with E-state index in [2.05, 4.69) is 10.3 Å². The van der Waals surface area contributed by atoms with Gasteiger partial charge in [-0.05, 0) is 25.0 Å². The summed E-state index contributed by atoms with van der Waals surface area (Å²) in [6.07, 6.45) is 1.89. The SMILES string of the molecule is Cn1c(CCNC(=O)C2(CN)CCOCC2)nc2cc(F)ccc21. The first-order chi connectivity index (χ1) is 11.6. The molecule has 0 aliphatic carbocycles. The molecule has 0 unspecified atom stereocenters. The molecule has 1 fully saturated rings. The second kappa shape index (κ2) is 6.86. The van der Waals surface area contributed by atoms with Crippen molar-refractivity contribution in [2.24, 2.45) is 18.2 Å². The number of aromatic nitrogens is 2. The lowest BCUT2D eigenvalue weighted by molar-refractivity contribution is -0.135. The summed E-state index contributed by atoms with van der Waals surface area (Å²) in [6, 6.07) is 4.56. The number of aryl methyl sites for hydroxylation is 1. The summed E-state index contributed by atoms with van der Waals surface area (Å²) < 4.78 is 20.5. The number of rotatable bonds is 5. The maximum atomic E-state index is 13.3. The molecule has 3 N–H and O–H groups in total. The summed E-state index contributed by atoms with van der Waals surface area (Å²) >= 11 is 0. The predicted octanol–water partition coefficient (Wildman–Crippen LogP) is 1.13. The van der Waals surface area contributed by atoms with E-state index in [1.54, 1.807) is 6.07 Å². The van der Waals surface area contributed by atoms with Crippen molar-refractivity contribution < 1.29 is 13.9 Å². The van der Waals surface area contributed by atoms with Gasteiger partial charge in [-0.15, -0.1) is 0 Å². The highest BCUT2D eigenvalue weighted by Gasteiger charge is 2.38. The van der Waals surface area contributed by atoms with Crippen LogP contribution in [0.5, 0.6) is 0 Å². The summed E-state index contributed by atoms with van der Waals surface area (Å²) in [7, 11) is 1.89. The molecule has 0 spiro atoms. The van der Waals surface area contributed by atoms with E-state index in [0.29, 0.717) is 51.1 Å². The van der Waals surface area contributed by atoms with Crippen LogP contribution in [-0.4, -0.2) is 41.8 Å². The highest BCUT2D eigenvalue weighted by atomic mass is 19.1. The van der Waals surface area contributed by atoms with Gasteiger partial charge < -0.3 is 20.4 Å². The van der Waals surface area contributed by atoms with Crippen LogP contribution in [0, 0.1) is 11.2 Å². The number of ether oxygens (including phenoxy) is 1. The van der Waals surface area contributed by atoms with Crippen LogP contribution in [0.3, 0.4) is 0 Å². The van der Waals surface area contributed by atoms with Crippen molar-refractivity contribution >= 4 is 16.9 Å². The molecule has 2 heterocycles. The number of nitrogens with two attached hydrogens (primary N) is 1. The van der Waals surface area contributed by atoms with Gasteiger partial charge in [-0.1, -0.05) is 0 Å². The van der Waals surface area contributed by atoms with Crippen LogP contribution in [0.25, 0.3) is 11.0 Å². The first-order valence-corrected chi connectivity index (χ1v) is 8.23. The van der Waals surface area contributed by atoms with Crippen LogP contribution in [0.15, 0.2) is 18.2 Å². The molecule has 0 bridgehead atoms. The van der Waals surface area contributed by atoms with Gasteiger partial charge in [0.05, 0.1) is 16.4 Å². The molecule has 130 valence electrons. The van der Waals surface area contributed by atoms with Crippen molar-refractivity contribution in [3.63, 3.8) is 0 Å². The van der Waals surface area contributed by atoms with Gasteiger partial charge in [0.15, 0.2) is 0 Å². The van der Waals surface area contributed by atoms with E-state index < -0.39 is 5.41 Å². The molecule has 0 atom stereocenters. The molecule has 1 aliphatic heterocycles. The molecule has 1 aliphatic rings. The fraction of sp³-hybridized carbons (Fsp3) is 0.529. The Morgan fingerprint density at radius 1 is 1.46 bits per heavy atom. The fourth-order valence-corrected chi connectivity index (χ4v) is 3.21. The molecule has 1 amide bonds. The zero-order valence-electron chi connectivity index (χ0n) is 13.8. The number of imidazole rings is 1. The molecule has 1 aromatic carbocycles. The van der Waals surface area contributed by atoms with Gasteiger partial charge in [0.1, 0.15) is 11.6 Å². The Labute approximate surface area is 140 Å². The maximum absolute atomic E-state index is 13.3. The van der Waals surface area contributed by atoms with Crippen molar-refractivity contribution in [1.82, 2.24) is 14.9 Å². The minimum atomic E-state index is -0.520. The van der Waals surface area contributed by atoms with Gasteiger partial charge in [0.2, 0.25) is 5.91 Å². The zero-order chi connectivity index (χ0) is 17.2. The van der Waals surface area contributed by atoms with E-state index in [0.717, 1.165) is 11.3 Å². The number of nitrogens with zero attached hydrogens (tertiary/aromatic N) is 2. The standard InChI is InChI=1S/C17H23FN4O2/c1-22-14-3-2-12(18)10-13(14)21-15(22)4-7-20-16(23)17(11-19)5-8-24-9-6-17/h2-3,10H,4-9,11,19H2,1H3,(H,20,23). The maximum Gasteiger partial charge on any atom is 0.227 e. The molecule has 6 nitrogen and oxygen atoms in total. The smallest absolute Gasteiger partial charge is 0.227 e. The summed E-state index contributed by atoms with van der Waals surface area (Å²) in [5.41, 5.74) is 6.82. The van der Waals surface area contributed by atoms with Crippen LogP contribution in [0.1, 0.15) is 18.7 Å². The van der Waals surface area contributed by atoms with Gasteiger partial charge in [0, 0.05) is 45.8 Å². The zero-order valence-corrected chi connectivity index (χ0v) is 13.8. The number of carbonyl (C=O) groups is 1. The van der Waals surface area contributed by atoms with Crippen LogP contribution < -0.4 is 11.1 Å². The van der Waals surface area contributed by atoms with Crippen LogP contribution in [-0.2, 0) is 23.0 Å². The Balaban J connectivity index is 1.64. The summed E-state index contributed by atoms with van der Waals surface area (Å²) in [6.45, 7) is 1.94. The minimum absolute atomic E-state index is 0.0156. The molecule has 7 heteroatoms. The summed E-state index contributed by atoms with van der Waals surface area (Å²) in [4.78, 5) is 17.0. The molecule has 3 rings (SSSR count). The Kier molecular flexibility index (Phi) is 4.82. The van der Waals surface area contributed by atoms with Gasteiger partial charge >= 0.3 is 0 Å². The van der Waals surface area contributed by atoms with Crippen molar-refractivity contribution in [3.05, 3.63) is 29.8 Å². The lowest BCUT2D eigenvalue weighted by Gasteiger charge is -2.34. The summed E-state index contributed by atoms with van der Waals surface area (Å²) in [5, 5.41) is 2.97. The molecule has 0 saturated carbocycles. The number of benzene rings is 1. The number of hydrogen-bond donors (Lipinski definition) is 2. The first kappa shape index (κ1) is 16.9. The number of carbonyl (C=O) groups excluding carboxylic acids is 1. The predicted molar refractivity (Wildman–Crippen MR) is 88.9 cm³/mol. The second-order valence-electron chi connectivity index (χ2n) is 6.32. The number of amides is 1. The number of fused-ring (bicyclic) bond motifs is 1. The molecule has 1 saturated heterocycles. The van der Waals surface area contributed by atoms with E-state index in [-0.39, 0.29) is 11.7 Å². The molecule has 0 radical (unpaired) electrons. The number of hydrogen-bond acceptors (Lipinski definition) is 4. The van der Waals surface area contributed by atoms with Gasteiger partial charge in [-0.3, -0.25) is 4.79 Å². The molecule has 2 aromatic rings. The largest absolute Gasteiger partial charge is 0.381 e. The third kappa shape index (κ3) is 3.14. The van der Waals surface area contributed by atoms with E-state index in [9.17, 15) is 9.18 Å². The molecule has 1 aromatic heterocycles. The highest BCUT2D eigenvalue weighted by Crippen LogP contribution is 2.29. The summed E-state index contributed by atoms with van der Waals surface area (Å²) in [5.74, 6) is 0.493. The monoisotopic (exact) mass is 334 g/mol. The van der Waals surface area contributed by atoms with Crippen molar-refractivity contribution in [1.29, 1.82) is 0 Å². The Hall–Kier alpha value is -1.99. The van der Waals surface area contributed by atoms with Crippen LogP contribution >= 0.6 is 0 Å². The van der Waals surface area contributed by atoms with Gasteiger partial charge in [0.25, 0.3) is 0 Å². The Morgan fingerprint density at radius 2 is 2.21 bits per heavy atom. The first-order valence-electron chi connectivity index (χ1n) is 8.23. The van der Waals surface area contributed by atoms with E-state index in [1.165, 1.54) is 12.1 Å². The van der Waals surface area contributed by atoms with Crippen LogP contribution in [0.2, 0.25) is 0 Å². The third-order valence-electron chi connectivity index (χ3n) is 4.89. The van der Waals surface area contributed by atoms with Crippen molar-refractivity contribution in [3.8, 4) is 0 Å². The van der Waals surface area contributed by atoms with Gasteiger partial charge in [-0.25, -0.2) is 9.37 Å². The van der Waals surface area contributed by atoms with Crippen molar-refractivity contribution in [2.75, 3.05) is 26.3 Å². The van der Waals surface area contributed by atoms with Crippen molar-refractivity contribution in [2.45, 2.75) is 19.3 Å². The fourth-order valence-electron chi connectivity index (χ4n) is 3.21. The number of halogens is 1. The molecule has 24 heavy (non-hydrogen) atoms. The highest BCUT2D eigenvalue weighted by molar-refractivity contribution is 5.83. The number of nitrogens with one attached hydrogen (secondary N) is 1. The van der Waals surface area contributed by atoms with E-state index >= 15 is 0 Å². The van der Waals surface area contributed by atoms with Crippen LogP contribution in [0.4, 0.5) is 4.39 Å².